The fourth-order valence-electron chi connectivity index (χ4n) is 1.62. The zero-order chi connectivity index (χ0) is 10.9. The Bertz CT molecular complexity index is 222. The van der Waals surface area contributed by atoms with Crippen LogP contribution < -0.4 is 5.32 Å². The van der Waals surface area contributed by atoms with E-state index < -0.39 is 36.4 Å². The van der Waals surface area contributed by atoms with Crippen LogP contribution in [0.5, 0.6) is 0 Å². The van der Waals surface area contributed by atoms with Crippen LogP contribution in [0.25, 0.3) is 0 Å². The largest absolute Gasteiger partial charge is 0.391 e. The molecule has 0 aromatic heterocycles. The summed E-state index contributed by atoms with van der Waals surface area (Å²) in [6, 6.07) is -0.925. The molecule has 82 valence electrons. The van der Waals surface area contributed by atoms with Gasteiger partial charge in [-0.2, -0.15) is 0 Å². The van der Waals surface area contributed by atoms with Crippen molar-refractivity contribution in [3.8, 4) is 0 Å². The minimum absolute atomic E-state index is 0.0663. The number of rotatable bonds is 1. The SMILES string of the molecule is CC(=O)NC1C(O)CC(O)C(O)C1O. The number of carbonyl (C=O) groups is 1. The average molecular weight is 205 g/mol. The molecule has 1 saturated carbocycles. The maximum Gasteiger partial charge on any atom is 0.217 e. The first-order chi connectivity index (χ1) is 6.43. The fraction of sp³-hybridized carbons (Fsp3) is 0.875. The lowest BCUT2D eigenvalue weighted by Crippen LogP contribution is -2.61. The highest BCUT2D eigenvalue weighted by Gasteiger charge is 2.42. The second kappa shape index (κ2) is 4.22. The monoisotopic (exact) mass is 205 g/mol. The number of carbonyl (C=O) groups excluding carboxylic acids is 1. The van der Waals surface area contributed by atoms with Crippen molar-refractivity contribution in [3.63, 3.8) is 0 Å². The molecule has 1 aliphatic rings. The molecular weight excluding hydrogens is 190 g/mol. The Morgan fingerprint density at radius 1 is 1.14 bits per heavy atom. The molecule has 0 aromatic carbocycles. The molecule has 0 bridgehead atoms. The van der Waals surface area contributed by atoms with E-state index in [-0.39, 0.29) is 6.42 Å². The van der Waals surface area contributed by atoms with Crippen LogP contribution in [-0.4, -0.2) is 56.8 Å². The Hall–Kier alpha value is -0.690. The summed E-state index contributed by atoms with van der Waals surface area (Å²) in [5, 5.41) is 39.7. The Morgan fingerprint density at radius 3 is 2.21 bits per heavy atom. The van der Waals surface area contributed by atoms with Gasteiger partial charge in [-0.25, -0.2) is 0 Å². The van der Waals surface area contributed by atoms with Crippen molar-refractivity contribution >= 4 is 5.91 Å². The van der Waals surface area contributed by atoms with E-state index in [0.717, 1.165) is 0 Å². The molecule has 14 heavy (non-hydrogen) atoms. The lowest BCUT2D eigenvalue weighted by atomic mass is 9.85. The Balaban J connectivity index is 2.68. The molecule has 0 spiro atoms. The van der Waals surface area contributed by atoms with Gasteiger partial charge >= 0.3 is 0 Å². The van der Waals surface area contributed by atoms with E-state index in [1.54, 1.807) is 0 Å². The number of amides is 1. The molecule has 6 nitrogen and oxygen atoms in total. The average Bonchev–Trinajstić information content (AvgIpc) is 2.09. The molecule has 0 radical (unpaired) electrons. The van der Waals surface area contributed by atoms with Crippen LogP contribution in [0.3, 0.4) is 0 Å². The van der Waals surface area contributed by atoms with Crippen molar-refractivity contribution in [1.82, 2.24) is 5.32 Å². The predicted molar refractivity (Wildman–Crippen MR) is 46.2 cm³/mol. The molecule has 0 saturated heterocycles. The van der Waals surface area contributed by atoms with Gasteiger partial charge in [0.2, 0.25) is 5.91 Å². The Labute approximate surface area is 81.2 Å². The molecule has 0 aromatic rings. The molecule has 6 heteroatoms. The molecule has 1 aliphatic carbocycles. The van der Waals surface area contributed by atoms with Gasteiger partial charge in [-0.05, 0) is 0 Å². The molecule has 1 amide bonds. The number of aliphatic hydroxyl groups is 4. The lowest BCUT2D eigenvalue weighted by molar-refractivity contribution is -0.143. The maximum atomic E-state index is 10.7. The van der Waals surface area contributed by atoms with Gasteiger partial charge in [-0.3, -0.25) is 4.79 Å². The molecule has 1 fully saturated rings. The molecule has 0 heterocycles. The number of hydrogen-bond donors (Lipinski definition) is 5. The van der Waals surface area contributed by atoms with Crippen molar-refractivity contribution in [3.05, 3.63) is 0 Å². The van der Waals surface area contributed by atoms with Crippen molar-refractivity contribution in [1.29, 1.82) is 0 Å². The number of hydrogen-bond acceptors (Lipinski definition) is 5. The lowest BCUT2D eigenvalue weighted by Gasteiger charge is -2.38. The molecule has 5 N–H and O–H groups in total. The number of aliphatic hydroxyl groups excluding tert-OH is 4. The van der Waals surface area contributed by atoms with Gasteiger partial charge in [0, 0.05) is 13.3 Å². The molecule has 5 atom stereocenters. The normalized spacial score (nSPS) is 43.4. The molecule has 5 unspecified atom stereocenters. The van der Waals surface area contributed by atoms with E-state index in [0.29, 0.717) is 0 Å². The zero-order valence-electron chi connectivity index (χ0n) is 7.79. The van der Waals surface area contributed by atoms with Crippen LogP contribution in [0.2, 0.25) is 0 Å². The van der Waals surface area contributed by atoms with Gasteiger partial charge < -0.3 is 25.7 Å². The standard InChI is InChI=1S/C8H15NO5/c1-3(10)9-6-4(11)2-5(12)7(13)8(6)14/h4-8,11-14H,2H2,1H3,(H,9,10). The molecule has 1 rings (SSSR count). The summed E-state index contributed by atoms with van der Waals surface area (Å²) in [5.41, 5.74) is 0. The van der Waals surface area contributed by atoms with Crippen LogP contribution in [0, 0.1) is 0 Å². The quantitative estimate of drug-likeness (QED) is 0.321. The highest BCUT2D eigenvalue weighted by molar-refractivity contribution is 5.73. The van der Waals surface area contributed by atoms with Crippen molar-refractivity contribution < 1.29 is 25.2 Å². The smallest absolute Gasteiger partial charge is 0.217 e. The Kier molecular flexibility index (Phi) is 3.43. The van der Waals surface area contributed by atoms with E-state index in [9.17, 15) is 25.2 Å². The summed E-state index contributed by atoms with van der Waals surface area (Å²) in [6.45, 7) is 1.25. The molecular formula is C8H15NO5. The van der Waals surface area contributed by atoms with Crippen molar-refractivity contribution in [2.75, 3.05) is 0 Å². The van der Waals surface area contributed by atoms with Gasteiger partial charge in [-0.15, -0.1) is 0 Å². The van der Waals surface area contributed by atoms with E-state index >= 15 is 0 Å². The first kappa shape index (κ1) is 11.4. The van der Waals surface area contributed by atoms with Crippen molar-refractivity contribution in [2.24, 2.45) is 0 Å². The van der Waals surface area contributed by atoms with Gasteiger partial charge in [0.05, 0.1) is 18.2 Å². The minimum atomic E-state index is -1.35. The second-order valence-corrected chi connectivity index (χ2v) is 3.58. The third-order valence-electron chi connectivity index (χ3n) is 2.38. The van der Waals surface area contributed by atoms with Crippen LogP contribution >= 0.6 is 0 Å². The molecule has 0 aliphatic heterocycles. The fourth-order valence-corrected chi connectivity index (χ4v) is 1.62. The third kappa shape index (κ3) is 2.21. The second-order valence-electron chi connectivity index (χ2n) is 3.58. The van der Waals surface area contributed by atoms with Crippen LogP contribution in [0.15, 0.2) is 0 Å². The predicted octanol–water partition coefficient (Wildman–Crippen LogP) is -2.66. The van der Waals surface area contributed by atoms with E-state index in [4.69, 9.17) is 0 Å². The summed E-state index contributed by atoms with van der Waals surface area (Å²) in [7, 11) is 0. The van der Waals surface area contributed by atoms with Crippen LogP contribution in [0.4, 0.5) is 0 Å². The minimum Gasteiger partial charge on any atom is -0.391 e. The highest BCUT2D eigenvalue weighted by atomic mass is 16.4. The van der Waals surface area contributed by atoms with E-state index in [2.05, 4.69) is 5.32 Å². The summed E-state index contributed by atoms with van der Waals surface area (Å²) in [6.07, 6.45) is -4.96. The summed E-state index contributed by atoms with van der Waals surface area (Å²) < 4.78 is 0. The Morgan fingerprint density at radius 2 is 1.71 bits per heavy atom. The third-order valence-corrected chi connectivity index (χ3v) is 2.38. The van der Waals surface area contributed by atoms with Crippen LogP contribution in [-0.2, 0) is 4.79 Å². The first-order valence-corrected chi connectivity index (χ1v) is 4.43. The van der Waals surface area contributed by atoms with Crippen molar-refractivity contribution in [2.45, 2.75) is 43.8 Å². The number of nitrogens with one attached hydrogen (secondary N) is 1. The van der Waals surface area contributed by atoms with Gasteiger partial charge in [0.25, 0.3) is 0 Å². The summed E-state index contributed by atoms with van der Waals surface area (Å²) in [5.74, 6) is -0.406. The zero-order valence-corrected chi connectivity index (χ0v) is 7.79. The van der Waals surface area contributed by atoms with E-state index in [1.165, 1.54) is 6.92 Å². The highest BCUT2D eigenvalue weighted by Crippen LogP contribution is 2.20. The summed E-state index contributed by atoms with van der Waals surface area (Å²) in [4.78, 5) is 10.7. The van der Waals surface area contributed by atoms with E-state index in [1.807, 2.05) is 0 Å². The maximum absolute atomic E-state index is 10.7. The van der Waals surface area contributed by atoms with Gasteiger partial charge in [0.15, 0.2) is 0 Å². The topological polar surface area (TPSA) is 110 Å². The summed E-state index contributed by atoms with van der Waals surface area (Å²) >= 11 is 0. The van der Waals surface area contributed by atoms with Gasteiger partial charge in [0.1, 0.15) is 12.2 Å². The first-order valence-electron chi connectivity index (χ1n) is 4.43. The van der Waals surface area contributed by atoms with Gasteiger partial charge in [-0.1, -0.05) is 0 Å². The van der Waals surface area contributed by atoms with Crippen LogP contribution in [0.1, 0.15) is 13.3 Å².